The molecule has 0 saturated heterocycles. The third-order valence-electron chi connectivity index (χ3n) is 2.46. The molecule has 0 spiro atoms. The van der Waals surface area contributed by atoms with E-state index in [1.54, 1.807) is 0 Å². The van der Waals surface area contributed by atoms with Gasteiger partial charge in [-0.25, -0.2) is 4.98 Å². The van der Waals surface area contributed by atoms with Crippen LogP contribution in [0.5, 0.6) is 0 Å². The molecule has 4 heteroatoms. The summed E-state index contributed by atoms with van der Waals surface area (Å²) < 4.78 is 0. The topological polar surface area (TPSA) is 66.0 Å². The number of amidine groups is 1. The van der Waals surface area contributed by atoms with E-state index in [0.29, 0.717) is 12.3 Å². The lowest BCUT2D eigenvalue weighted by Gasteiger charge is -2.25. The van der Waals surface area contributed by atoms with Crippen LogP contribution in [0, 0.1) is 18.3 Å². The monoisotopic (exact) mass is 234 g/mol. The highest BCUT2D eigenvalue weighted by atomic mass is 15.2. The minimum absolute atomic E-state index is 0.228. The molecule has 0 unspecified atom stereocenters. The summed E-state index contributed by atoms with van der Waals surface area (Å²) in [5.41, 5.74) is 6.57. The molecule has 0 saturated carbocycles. The fraction of sp³-hybridized carbons (Fsp3) is 0.538. The van der Waals surface area contributed by atoms with Crippen LogP contribution in [0.2, 0.25) is 0 Å². The van der Waals surface area contributed by atoms with Crippen LogP contribution in [0.1, 0.15) is 25.8 Å². The number of pyridine rings is 1. The van der Waals surface area contributed by atoms with Crippen LogP contribution in [0.25, 0.3) is 0 Å². The molecule has 4 nitrogen and oxygen atoms in total. The quantitative estimate of drug-likeness (QED) is 0.585. The van der Waals surface area contributed by atoms with E-state index in [9.17, 15) is 0 Å². The van der Waals surface area contributed by atoms with Gasteiger partial charge in [0.25, 0.3) is 0 Å². The van der Waals surface area contributed by atoms with Crippen molar-refractivity contribution in [2.45, 2.75) is 27.2 Å². The number of aryl methyl sites for hydroxylation is 1. The Labute approximate surface area is 103 Å². The Morgan fingerprint density at radius 2 is 2.18 bits per heavy atom. The number of hydrogen-bond donors (Lipinski definition) is 2. The van der Waals surface area contributed by atoms with Gasteiger partial charge in [-0.15, -0.1) is 0 Å². The zero-order chi connectivity index (χ0) is 12.8. The average Bonchev–Trinajstić information content (AvgIpc) is 2.25. The molecule has 0 aliphatic heterocycles. The maximum Gasteiger partial charge on any atom is 0.128 e. The van der Waals surface area contributed by atoms with E-state index < -0.39 is 0 Å². The molecule has 94 valence electrons. The number of nitrogens with zero attached hydrogens (tertiary/aromatic N) is 2. The number of hydrogen-bond acceptors (Lipinski definition) is 3. The first-order valence-electron chi connectivity index (χ1n) is 5.99. The smallest absolute Gasteiger partial charge is 0.128 e. The zero-order valence-corrected chi connectivity index (χ0v) is 10.9. The molecule has 0 aliphatic carbocycles. The first kappa shape index (κ1) is 13.5. The molecule has 1 aromatic heterocycles. The second kappa shape index (κ2) is 6.23. The average molecular weight is 234 g/mol. The van der Waals surface area contributed by atoms with E-state index in [2.05, 4.69) is 29.8 Å². The van der Waals surface area contributed by atoms with E-state index in [4.69, 9.17) is 11.1 Å². The highest BCUT2D eigenvalue weighted by Gasteiger charge is 2.09. The first-order chi connectivity index (χ1) is 7.99. The van der Waals surface area contributed by atoms with Crippen molar-refractivity contribution in [3.05, 3.63) is 23.9 Å². The third-order valence-corrected chi connectivity index (χ3v) is 2.46. The summed E-state index contributed by atoms with van der Waals surface area (Å²) in [7, 11) is 0. The highest BCUT2D eigenvalue weighted by molar-refractivity contribution is 5.77. The van der Waals surface area contributed by atoms with Crippen LogP contribution < -0.4 is 10.6 Å². The van der Waals surface area contributed by atoms with Crippen molar-refractivity contribution >= 4 is 11.7 Å². The highest BCUT2D eigenvalue weighted by Crippen LogP contribution is 2.13. The Hall–Kier alpha value is -1.58. The third kappa shape index (κ3) is 4.85. The molecule has 1 aromatic rings. The maximum atomic E-state index is 7.30. The van der Waals surface area contributed by atoms with E-state index in [-0.39, 0.29) is 5.84 Å². The SMILES string of the molecule is Cc1ccc(N(CCC(=N)N)CC(C)C)nc1. The minimum atomic E-state index is 0.228. The van der Waals surface area contributed by atoms with Gasteiger partial charge in [0.05, 0.1) is 5.84 Å². The lowest BCUT2D eigenvalue weighted by Crippen LogP contribution is -2.31. The van der Waals surface area contributed by atoms with E-state index in [1.807, 2.05) is 19.2 Å². The normalized spacial score (nSPS) is 10.6. The maximum absolute atomic E-state index is 7.30. The number of aromatic nitrogens is 1. The van der Waals surface area contributed by atoms with Gasteiger partial charge in [-0.3, -0.25) is 5.41 Å². The van der Waals surface area contributed by atoms with Gasteiger partial charge in [0.2, 0.25) is 0 Å². The predicted octanol–water partition coefficient (Wildman–Crippen LogP) is 2.18. The number of rotatable bonds is 6. The van der Waals surface area contributed by atoms with Crippen LogP contribution in [0.3, 0.4) is 0 Å². The molecule has 1 heterocycles. The Morgan fingerprint density at radius 1 is 1.47 bits per heavy atom. The van der Waals surface area contributed by atoms with E-state index in [1.165, 1.54) is 0 Å². The van der Waals surface area contributed by atoms with Crippen LogP contribution in [0.15, 0.2) is 18.3 Å². The molecular weight excluding hydrogens is 212 g/mol. The predicted molar refractivity (Wildman–Crippen MR) is 72.6 cm³/mol. The Balaban J connectivity index is 2.74. The van der Waals surface area contributed by atoms with Crippen molar-refractivity contribution < 1.29 is 0 Å². The van der Waals surface area contributed by atoms with Crippen LogP contribution in [-0.4, -0.2) is 23.9 Å². The standard InChI is InChI=1S/C13H22N4/c1-10(2)9-17(7-6-12(14)15)13-5-4-11(3)8-16-13/h4-5,8,10H,6-7,9H2,1-3H3,(H3,14,15). The van der Waals surface area contributed by atoms with Crippen molar-refractivity contribution in [1.82, 2.24) is 4.98 Å². The molecule has 0 aliphatic rings. The van der Waals surface area contributed by atoms with Gasteiger partial charge in [0.1, 0.15) is 5.82 Å². The molecule has 0 bridgehead atoms. The summed E-state index contributed by atoms with van der Waals surface area (Å²) in [6.45, 7) is 8.07. The molecule has 1 rings (SSSR count). The lowest BCUT2D eigenvalue weighted by molar-refractivity contribution is 0.608. The summed E-state index contributed by atoms with van der Waals surface area (Å²) in [5, 5.41) is 7.30. The van der Waals surface area contributed by atoms with Crippen molar-refractivity contribution in [3.8, 4) is 0 Å². The Morgan fingerprint density at radius 3 is 2.65 bits per heavy atom. The number of nitrogens with two attached hydrogens (primary N) is 1. The molecule has 0 radical (unpaired) electrons. The van der Waals surface area contributed by atoms with E-state index >= 15 is 0 Å². The molecule has 0 aromatic carbocycles. The van der Waals surface area contributed by atoms with Gasteiger partial charge in [-0.05, 0) is 24.5 Å². The number of nitrogens with one attached hydrogen (secondary N) is 1. The van der Waals surface area contributed by atoms with Crippen LogP contribution in [0.4, 0.5) is 5.82 Å². The van der Waals surface area contributed by atoms with Crippen molar-refractivity contribution in [3.63, 3.8) is 0 Å². The Bertz CT molecular complexity index is 356. The van der Waals surface area contributed by atoms with Crippen molar-refractivity contribution in [2.24, 2.45) is 11.7 Å². The molecule has 3 N–H and O–H groups in total. The van der Waals surface area contributed by atoms with Gasteiger partial charge in [-0.2, -0.15) is 0 Å². The van der Waals surface area contributed by atoms with Crippen molar-refractivity contribution in [2.75, 3.05) is 18.0 Å². The molecule has 17 heavy (non-hydrogen) atoms. The van der Waals surface area contributed by atoms with Gasteiger partial charge in [0.15, 0.2) is 0 Å². The largest absolute Gasteiger partial charge is 0.388 e. The van der Waals surface area contributed by atoms with Gasteiger partial charge in [-0.1, -0.05) is 19.9 Å². The fourth-order valence-corrected chi connectivity index (χ4v) is 1.64. The summed E-state index contributed by atoms with van der Waals surface area (Å²) in [6, 6.07) is 4.08. The van der Waals surface area contributed by atoms with Crippen LogP contribution >= 0.6 is 0 Å². The summed E-state index contributed by atoms with van der Waals surface area (Å²) in [5.74, 6) is 1.75. The zero-order valence-electron chi connectivity index (χ0n) is 10.9. The fourth-order valence-electron chi connectivity index (χ4n) is 1.64. The van der Waals surface area contributed by atoms with Gasteiger partial charge < -0.3 is 10.6 Å². The molecular formula is C13H22N4. The summed E-state index contributed by atoms with van der Waals surface area (Å²) in [4.78, 5) is 6.61. The second-order valence-electron chi connectivity index (χ2n) is 4.81. The summed E-state index contributed by atoms with van der Waals surface area (Å²) >= 11 is 0. The van der Waals surface area contributed by atoms with Gasteiger partial charge in [0, 0.05) is 25.7 Å². The number of anilines is 1. The first-order valence-corrected chi connectivity index (χ1v) is 5.99. The Kier molecular flexibility index (Phi) is 4.94. The molecule has 0 atom stereocenters. The van der Waals surface area contributed by atoms with Crippen LogP contribution in [-0.2, 0) is 0 Å². The lowest BCUT2D eigenvalue weighted by atomic mass is 10.2. The van der Waals surface area contributed by atoms with Crippen molar-refractivity contribution in [1.29, 1.82) is 5.41 Å². The summed E-state index contributed by atoms with van der Waals surface area (Å²) in [6.07, 6.45) is 2.46. The molecule has 0 fully saturated rings. The minimum Gasteiger partial charge on any atom is -0.388 e. The second-order valence-corrected chi connectivity index (χ2v) is 4.81. The van der Waals surface area contributed by atoms with E-state index in [0.717, 1.165) is 24.5 Å². The van der Waals surface area contributed by atoms with Gasteiger partial charge >= 0.3 is 0 Å². The molecule has 0 amide bonds.